The third-order valence-corrected chi connectivity index (χ3v) is 4.45. The van der Waals surface area contributed by atoms with E-state index in [0.717, 1.165) is 29.5 Å². The van der Waals surface area contributed by atoms with Gasteiger partial charge >= 0.3 is 0 Å². The molecule has 1 atom stereocenters. The number of aromatic nitrogens is 2. The molecule has 3 heterocycles. The SMILES string of the molecule is CC(CNCc1cn2cc(Cl)ccc2n1)N1CCCCC1. The molecule has 4 nitrogen and oxygen atoms in total. The molecule has 3 rings (SSSR count). The molecule has 1 N–H and O–H groups in total. The molecule has 1 fully saturated rings. The largest absolute Gasteiger partial charge is 0.310 e. The van der Waals surface area contributed by atoms with Gasteiger partial charge in [0.15, 0.2) is 0 Å². The van der Waals surface area contributed by atoms with Crippen molar-refractivity contribution in [1.29, 1.82) is 0 Å². The summed E-state index contributed by atoms with van der Waals surface area (Å²) in [5.74, 6) is 0. The molecule has 1 unspecified atom stereocenters. The molecular weight excluding hydrogens is 284 g/mol. The van der Waals surface area contributed by atoms with Gasteiger partial charge in [0.1, 0.15) is 5.65 Å². The molecule has 1 aliphatic heterocycles. The Labute approximate surface area is 131 Å². The first kappa shape index (κ1) is 14.8. The van der Waals surface area contributed by atoms with Crippen LogP contribution in [0.5, 0.6) is 0 Å². The number of piperidine rings is 1. The van der Waals surface area contributed by atoms with Gasteiger partial charge in [-0.15, -0.1) is 0 Å². The summed E-state index contributed by atoms with van der Waals surface area (Å²) in [4.78, 5) is 7.17. The van der Waals surface area contributed by atoms with Crippen LogP contribution >= 0.6 is 11.6 Å². The minimum atomic E-state index is 0.594. The van der Waals surface area contributed by atoms with Gasteiger partial charge in [-0.2, -0.15) is 0 Å². The number of halogens is 1. The van der Waals surface area contributed by atoms with Crippen LogP contribution in [0.2, 0.25) is 5.02 Å². The van der Waals surface area contributed by atoms with Gasteiger partial charge in [-0.3, -0.25) is 4.90 Å². The van der Waals surface area contributed by atoms with Gasteiger partial charge in [-0.1, -0.05) is 18.0 Å². The number of hydrogen-bond donors (Lipinski definition) is 1. The number of pyridine rings is 1. The lowest BCUT2D eigenvalue weighted by Gasteiger charge is -2.32. The van der Waals surface area contributed by atoms with Crippen LogP contribution in [0.3, 0.4) is 0 Å². The maximum atomic E-state index is 5.99. The predicted molar refractivity (Wildman–Crippen MR) is 86.8 cm³/mol. The zero-order valence-corrected chi connectivity index (χ0v) is 13.3. The quantitative estimate of drug-likeness (QED) is 0.922. The van der Waals surface area contributed by atoms with Crippen molar-refractivity contribution in [1.82, 2.24) is 19.6 Å². The molecule has 1 saturated heterocycles. The first-order valence-corrected chi connectivity index (χ1v) is 8.18. The maximum Gasteiger partial charge on any atom is 0.137 e. The summed E-state index contributed by atoms with van der Waals surface area (Å²) >= 11 is 5.99. The molecule has 0 spiro atoms. The smallest absolute Gasteiger partial charge is 0.137 e. The fourth-order valence-electron chi connectivity index (χ4n) is 3.00. The summed E-state index contributed by atoms with van der Waals surface area (Å²) in [6, 6.07) is 4.42. The second kappa shape index (κ2) is 6.77. The van der Waals surface area contributed by atoms with Crippen molar-refractivity contribution >= 4 is 17.2 Å². The normalized spacial score (nSPS) is 18.2. The van der Waals surface area contributed by atoms with Gasteiger partial charge in [-0.25, -0.2) is 4.98 Å². The molecule has 1 aliphatic rings. The van der Waals surface area contributed by atoms with Crippen molar-refractivity contribution in [3.05, 3.63) is 35.2 Å². The highest BCUT2D eigenvalue weighted by atomic mass is 35.5. The molecule has 0 aromatic carbocycles. The lowest BCUT2D eigenvalue weighted by atomic mass is 10.1. The summed E-state index contributed by atoms with van der Waals surface area (Å²) in [5, 5.41) is 4.26. The van der Waals surface area contributed by atoms with Crippen molar-refractivity contribution in [3.63, 3.8) is 0 Å². The standard InChI is InChI=1S/C16H23ClN4/c1-13(20-7-3-2-4-8-20)9-18-10-15-12-21-11-14(17)5-6-16(21)19-15/h5-6,11-13,18H,2-4,7-10H2,1H3. The van der Waals surface area contributed by atoms with E-state index >= 15 is 0 Å². The van der Waals surface area contributed by atoms with E-state index in [2.05, 4.69) is 22.1 Å². The number of imidazole rings is 1. The number of rotatable bonds is 5. The van der Waals surface area contributed by atoms with E-state index in [4.69, 9.17) is 11.6 Å². The Morgan fingerprint density at radius 3 is 2.86 bits per heavy atom. The molecule has 21 heavy (non-hydrogen) atoms. The van der Waals surface area contributed by atoms with Crippen LogP contribution in [-0.4, -0.2) is 40.0 Å². The number of nitrogens with zero attached hydrogens (tertiary/aromatic N) is 3. The molecular formula is C16H23ClN4. The highest BCUT2D eigenvalue weighted by Crippen LogP contribution is 2.13. The number of hydrogen-bond acceptors (Lipinski definition) is 3. The second-order valence-electron chi connectivity index (χ2n) is 5.92. The molecule has 5 heteroatoms. The molecule has 0 saturated carbocycles. The lowest BCUT2D eigenvalue weighted by Crippen LogP contribution is -2.42. The van der Waals surface area contributed by atoms with E-state index in [0.29, 0.717) is 6.04 Å². The number of nitrogens with one attached hydrogen (secondary N) is 1. The average molecular weight is 307 g/mol. The Morgan fingerprint density at radius 1 is 1.24 bits per heavy atom. The molecule has 0 amide bonds. The first-order chi connectivity index (χ1) is 10.2. The van der Waals surface area contributed by atoms with E-state index in [9.17, 15) is 0 Å². The minimum Gasteiger partial charge on any atom is -0.310 e. The van der Waals surface area contributed by atoms with Gasteiger partial charge in [0.25, 0.3) is 0 Å². The van der Waals surface area contributed by atoms with Crippen molar-refractivity contribution in [2.75, 3.05) is 19.6 Å². The van der Waals surface area contributed by atoms with Crippen LogP contribution in [0.25, 0.3) is 5.65 Å². The lowest BCUT2D eigenvalue weighted by molar-refractivity contribution is 0.170. The van der Waals surface area contributed by atoms with Gasteiger partial charge < -0.3 is 9.72 Å². The monoisotopic (exact) mass is 306 g/mol. The number of fused-ring (bicyclic) bond motifs is 1. The summed E-state index contributed by atoms with van der Waals surface area (Å²) < 4.78 is 1.98. The van der Waals surface area contributed by atoms with Gasteiger partial charge in [-0.05, 0) is 45.0 Å². The topological polar surface area (TPSA) is 32.6 Å². The highest BCUT2D eigenvalue weighted by Gasteiger charge is 2.16. The van der Waals surface area contributed by atoms with Crippen LogP contribution in [-0.2, 0) is 6.54 Å². The average Bonchev–Trinajstić information content (AvgIpc) is 2.89. The van der Waals surface area contributed by atoms with Gasteiger partial charge in [0.05, 0.1) is 10.7 Å². The van der Waals surface area contributed by atoms with Gasteiger partial charge in [0, 0.05) is 31.5 Å². The Kier molecular flexibility index (Phi) is 4.78. The third kappa shape index (κ3) is 3.76. The molecule has 114 valence electrons. The van der Waals surface area contributed by atoms with E-state index in [1.807, 2.05) is 28.9 Å². The van der Waals surface area contributed by atoms with Crippen LogP contribution in [0.15, 0.2) is 24.5 Å². The predicted octanol–water partition coefficient (Wildman–Crippen LogP) is 2.95. The van der Waals surface area contributed by atoms with Crippen molar-refractivity contribution in [2.45, 2.75) is 38.8 Å². The van der Waals surface area contributed by atoms with Crippen LogP contribution in [0.4, 0.5) is 0 Å². The fourth-order valence-corrected chi connectivity index (χ4v) is 3.17. The van der Waals surface area contributed by atoms with Crippen LogP contribution in [0.1, 0.15) is 31.9 Å². The van der Waals surface area contributed by atoms with Crippen molar-refractivity contribution < 1.29 is 0 Å². The summed E-state index contributed by atoms with van der Waals surface area (Å²) in [6.07, 6.45) is 8.01. The van der Waals surface area contributed by atoms with E-state index in [1.165, 1.54) is 32.4 Å². The number of likely N-dealkylation sites (tertiary alicyclic amines) is 1. The first-order valence-electron chi connectivity index (χ1n) is 7.80. The Balaban J connectivity index is 1.51. The van der Waals surface area contributed by atoms with E-state index < -0.39 is 0 Å². The molecule has 0 bridgehead atoms. The zero-order valence-electron chi connectivity index (χ0n) is 12.6. The Bertz CT molecular complexity index is 589. The minimum absolute atomic E-state index is 0.594. The fraction of sp³-hybridized carbons (Fsp3) is 0.562. The zero-order chi connectivity index (χ0) is 14.7. The summed E-state index contributed by atoms with van der Waals surface area (Å²) in [7, 11) is 0. The second-order valence-corrected chi connectivity index (χ2v) is 6.36. The highest BCUT2D eigenvalue weighted by molar-refractivity contribution is 6.30. The van der Waals surface area contributed by atoms with Crippen LogP contribution < -0.4 is 5.32 Å². The van der Waals surface area contributed by atoms with Crippen molar-refractivity contribution in [2.24, 2.45) is 0 Å². The molecule has 2 aromatic rings. The Hall–Kier alpha value is -1.10. The Morgan fingerprint density at radius 2 is 2.05 bits per heavy atom. The van der Waals surface area contributed by atoms with Crippen molar-refractivity contribution in [3.8, 4) is 0 Å². The summed E-state index contributed by atoms with van der Waals surface area (Å²) in [5.41, 5.74) is 2.00. The van der Waals surface area contributed by atoms with Gasteiger partial charge in [0.2, 0.25) is 0 Å². The molecule has 0 radical (unpaired) electrons. The molecule has 0 aliphatic carbocycles. The third-order valence-electron chi connectivity index (χ3n) is 4.22. The summed E-state index contributed by atoms with van der Waals surface area (Å²) in [6.45, 7) is 6.61. The van der Waals surface area contributed by atoms with E-state index in [-0.39, 0.29) is 0 Å². The maximum absolute atomic E-state index is 5.99. The van der Waals surface area contributed by atoms with Crippen LogP contribution in [0, 0.1) is 0 Å². The van der Waals surface area contributed by atoms with E-state index in [1.54, 1.807) is 0 Å². The molecule has 2 aromatic heterocycles.